The van der Waals surface area contributed by atoms with Crippen LogP contribution in [-0.4, -0.2) is 30.5 Å². The summed E-state index contributed by atoms with van der Waals surface area (Å²) in [5.41, 5.74) is 11.3. The molecule has 120 valence electrons. The zero-order chi connectivity index (χ0) is 14.8. The van der Waals surface area contributed by atoms with E-state index in [4.69, 9.17) is 11.5 Å². The van der Waals surface area contributed by atoms with Gasteiger partial charge < -0.3 is 16.6 Å². The van der Waals surface area contributed by atoms with Crippen LogP contribution >= 0.6 is 0 Å². The van der Waals surface area contributed by atoms with Gasteiger partial charge in [0.25, 0.3) is 0 Å². The van der Waals surface area contributed by atoms with Gasteiger partial charge in [0.15, 0.2) is 0 Å². The quantitative estimate of drug-likeness (QED) is 0.365. The third kappa shape index (κ3) is 7.02. The summed E-state index contributed by atoms with van der Waals surface area (Å²) in [5.74, 6) is 1.56. The molecule has 0 aromatic rings. The zero-order valence-electron chi connectivity index (χ0n) is 13.2. The van der Waals surface area contributed by atoms with E-state index in [2.05, 4.69) is 12.2 Å². The Balaban J connectivity index is 2.26. The van der Waals surface area contributed by atoms with Gasteiger partial charge in [-0.25, -0.2) is 0 Å². The van der Waals surface area contributed by atoms with Crippen molar-refractivity contribution >= 4 is 0 Å². The molecule has 4 heteroatoms. The number of nitrogens with one attached hydrogen (secondary N) is 1. The van der Waals surface area contributed by atoms with Crippen LogP contribution in [0.2, 0.25) is 0 Å². The fraction of sp³-hybridized carbons (Fsp3) is 1.00. The summed E-state index contributed by atoms with van der Waals surface area (Å²) in [7, 11) is 0. The van der Waals surface area contributed by atoms with Gasteiger partial charge >= 0.3 is 0 Å². The molecule has 4 nitrogen and oxygen atoms in total. The lowest BCUT2D eigenvalue weighted by Crippen LogP contribution is -2.44. The van der Waals surface area contributed by atoms with Crippen molar-refractivity contribution in [3.05, 3.63) is 0 Å². The highest BCUT2D eigenvalue weighted by Crippen LogP contribution is 2.32. The summed E-state index contributed by atoms with van der Waals surface area (Å²) in [6.45, 7) is 3.65. The van der Waals surface area contributed by atoms with Gasteiger partial charge in [0, 0.05) is 12.6 Å². The molecule has 1 rings (SSSR count). The minimum atomic E-state index is -0.436. The highest BCUT2D eigenvalue weighted by Gasteiger charge is 2.23. The molecule has 0 aliphatic heterocycles. The van der Waals surface area contributed by atoms with Crippen molar-refractivity contribution in [2.45, 2.75) is 77.0 Å². The average molecular weight is 285 g/mol. The molecule has 20 heavy (non-hydrogen) atoms. The first-order chi connectivity index (χ1) is 9.67. The van der Waals surface area contributed by atoms with Crippen LogP contribution in [0.15, 0.2) is 0 Å². The molecule has 0 bridgehead atoms. The van der Waals surface area contributed by atoms with E-state index < -0.39 is 6.23 Å². The third-order valence-electron chi connectivity index (χ3n) is 4.76. The number of hydrogen-bond donors (Lipinski definition) is 4. The Morgan fingerprint density at radius 3 is 2.45 bits per heavy atom. The van der Waals surface area contributed by atoms with Gasteiger partial charge in [0.05, 0.1) is 0 Å². The number of aliphatic hydroxyl groups excluding tert-OH is 1. The summed E-state index contributed by atoms with van der Waals surface area (Å²) in [6.07, 6.45) is 10.3. The van der Waals surface area contributed by atoms with Gasteiger partial charge in [-0.05, 0) is 44.1 Å². The Morgan fingerprint density at radius 2 is 1.85 bits per heavy atom. The number of nitrogens with two attached hydrogens (primary N) is 2. The molecule has 6 N–H and O–H groups in total. The molecular formula is C16H35N3O. The van der Waals surface area contributed by atoms with Gasteiger partial charge in [-0.1, -0.05) is 39.0 Å². The largest absolute Gasteiger partial charge is 0.379 e. The fourth-order valence-corrected chi connectivity index (χ4v) is 3.41. The van der Waals surface area contributed by atoms with Crippen LogP contribution in [0.1, 0.15) is 64.7 Å². The van der Waals surface area contributed by atoms with E-state index in [1.165, 1.54) is 32.1 Å². The summed E-state index contributed by atoms with van der Waals surface area (Å²) < 4.78 is 0. The molecule has 2 unspecified atom stereocenters. The first-order valence-electron chi connectivity index (χ1n) is 8.51. The van der Waals surface area contributed by atoms with Crippen molar-refractivity contribution in [3.63, 3.8) is 0 Å². The SMILES string of the molecule is CC(C[C@@H](CN)NC(O)CCCCN)C1CCCCC1. The summed E-state index contributed by atoms with van der Waals surface area (Å²) >= 11 is 0. The van der Waals surface area contributed by atoms with E-state index >= 15 is 0 Å². The van der Waals surface area contributed by atoms with E-state index in [-0.39, 0.29) is 6.04 Å². The van der Waals surface area contributed by atoms with E-state index in [0.29, 0.717) is 19.0 Å². The molecule has 1 aliphatic carbocycles. The summed E-state index contributed by atoms with van der Waals surface area (Å²) in [5, 5.41) is 13.3. The lowest BCUT2D eigenvalue weighted by atomic mass is 9.78. The van der Waals surface area contributed by atoms with E-state index in [1.807, 2.05) is 0 Å². The van der Waals surface area contributed by atoms with Crippen molar-refractivity contribution in [1.29, 1.82) is 0 Å². The van der Waals surface area contributed by atoms with Crippen LogP contribution in [0.25, 0.3) is 0 Å². The lowest BCUT2D eigenvalue weighted by molar-refractivity contribution is 0.102. The zero-order valence-corrected chi connectivity index (χ0v) is 13.2. The van der Waals surface area contributed by atoms with Crippen molar-refractivity contribution in [2.24, 2.45) is 23.3 Å². The van der Waals surface area contributed by atoms with Crippen molar-refractivity contribution in [1.82, 2.24) is 5.32 Å². The number of aliphatic hydroxyl groups is 1. The predicted octanol–water partition coefficient (Wildman–Crippen LogP) is 1.96. The Labute approximate surface area is 124 Å². The highest BCUT2D eigenvalue weighted by atomic mass is 16.3. The molecule has 0 aromatic heterocycles. The molecule has 1 fully saturated rings. The van der Waals surface area contributed by atoms with Gasteiger partial charge in [-0.2, -0.15) is 0 Å². The standard InChI is InChI=1S/C16H35N3O/c1-13(14-7-3-2-4-8-14)11-15(12-18)19-16(20)9-5-6-10-17/h13-16,19-20H,2-12,17-18H2,1H3/t13?,15-,16?/m0/s1. The highest BCUT2D eigenvalue weighted by molar-refractivity contribution is 4.78. The molecule has 0 amide bonds. The first-order valence-corrected chi connectivity index (χ1v) is 8.51. The average Bonchev–Trinajstić information content (AvgIpc) is 2.47. The molecule has 0 saturated heterocycles. The van der Waals surface area contributed by atoms with Crippen LogP contribution in [0, 0.1) is 11.8 Å². The molecule has 1 saturated carbocycles. The summed E-state index contributed by atoms with van der Waals surface area (Å²) in [4.78, 5) is 0. The van der Waals surface area contributed by atoms with E-state index in [1.54, 1.807) is 0 Å². The van der Waals surface area contributed by atoms with Crippen LogP contribution in [0.4, 0.5) is 0 Å². The van der Waals surface area contributed by atoms with Crippen molar-refractivity contribution in [3.8, 4) is 0 Å². The van der Waals surface area contributed by atoms with Gasteiger partial charge in [0.2, 0.25) is 0 Å². The van der Waals surface area contributed by atoms with Crippen molar-refractivity contribution < 1.29 is 5.11 Å². The Morgan fingerprint density at radius 1 is 1.15 bits per heavy atom. The molecule has 0 radical (unpaired) electrons. The second kappa shape index (κ2) is 10.6. The molecule has 3 atom stereocenters. The van der Waals surface area contributed by atoms with Gasteiger partial charge in [-0.3, -0.25) is 5.32 Å². The molecule has 0 aromatic carbocycles. The normalized spacial score (nSPS) is 21.6. The molecular weight excluding hydrogens is 250 g/mol. The molecule has 1 aliphatic rings. The van der Waals surface area contributed by atoms with E-state index in [9.17, 15) is 5.11 Å². The maximum atomic E-state index is 9.99. The summed E-state index contributed by atoms with van der Waals surface area (Å²) in [6, 6.07) is 0.236. The first kappa shape index (κ1) is 17.9. The van der Waals surface area contributed by atoms with Crippen LogP contribution in [-0.2, 0) is 0 Å². The second-order valence-electron chi connectivity index (χ2n) is 6.51. The number of unbranched alkanes of at least 4 members (excludes halogenated alkanes) is 1. The predicted molar refractivity (Wildman–Crippen MR) is 85.2 cm³/mol. The maximum absolute atomic E-state index is 9.99. The molecule has 0 spiro atoms. The number of hydrogen-bond acceptors (Lipinski definition) is 4. The third-order valence-corrected chi connectivity index (χ3v) is 4.76. The number of rotatable bonds is 10. The lowest BCUT2D eigenvalue weighted by Gasteiger charge is -2.31. The second-order valence-corrected chi connectivity index (χ2v) is 6.51. The van der Waals surface area contributed by atoms with Gasteiger partial charge in [-0.15, -0.1) is 0 Å². The minimum absolute atomic E-state index is 0.236. The Kier molecular flexibility index (Phi) is 9.44. The van der Waals surface area contributed by atoms with Crippen molar-refractivity contribution in [2.75, 3.05) is 13.1 Å². The molecule has 0 heterocycles. The topological polar surface area (TPSA) is 84.3 Å². The van der Waals surface area contributed by atoms with E-state index in [0.717, 1.165) is 31.6 Å². The van der Waals surface area contributed by atoms with Crippen LogP contribution < -0.4 is 16.8 Å². The minimum Gasteiger partial charge on any atom is -0.379 e. The Hall–Kier alpha value is -0.160. The monoisotopic (exact) mass is 285 g/mol. The van der Waals surface area contributed by atoms with Gasteiger partial charge in [0.1, 0.15) is 6.23 Å². The van der Waals surface area contributed by atoms with Crippen LogP contribution in [0.3, 0.4) is 0 Å². The fourth-order valence-electron chi connectivity index (χ4n) is 3.41. The Bertz CT molecular complexity index is 232. The smallest absolute Gasteiger partial charge is 0.105 e. The van der Waals surface area contributed by atoms with Crippen LogP contribution in [0.5, 0.6) is 0 Å². The maximum Gasteiger partial charge on any atom is 0.105 e.